The van der Waals surface area contributed by atoms with Gasteiger partial charge in [-0.3, -0.25) is 0 Å². The summed E-state index contributed by atoms with van der Waals surface area (Å²) in [5.74, 6) is 0.737. The first-order valence-corrected chi connectivity index (χ1v) is 8.20. The first-order chi connectivity index (χ1) is 9.65. The third-order valence-electron chi connectivity index (χ3n) is 3.24. The predicted molar refractivity (Wildman–Crippen MR) is 87.3 cm³/mol. The van der Waals surface area contributed by atoms with E-state index < -0.39 is 0 Å². The molecule has 0 heterocycles. The van der Waals surface area contributed by atoms with Gasteiger partial charge in [-0.1, -0.05) is 50.1 Å². The lowest BCUT2D eigenvalue weighted by Crippen LogP contribution is -2.08. The highest BCUT2D eigenvalue weighted by Crippen LogP contribution is 2.31. The largest absolute Gasteiger partial charge is 0.496 e. The first-order valence-electron chi connectivity index (χ1n) is 6.28. The van der Waals surface area contributed by atoms with Gasteiger partial charge in [-0.05, 0) is 41.8 Å². The van der Waals surface area contributed by atoms with E-state index in [-0.39, 0.29) is 11.7 Å². The summed E-state index contributed by atoms with van der Waals surface area (Å²) < 4.78 is 20.3. The Bertz CT molecular complexity index is 586. The predicted octanol–water partition coefficient (Wildman–Crippen LogP) is 5.32. The van der Waals surface area contributed by atoms with Gasteiger partial charge < -0.3 is 4.74 Å². The molecule has 1 atom stereocenters. The van der Waals surface area contributed by atoms with Crippen LogP contribution in [0.2, 0.25) is 0 Å². The third-order valence-corrected chi connectivity index (χ3v) is 4.51. The Hall–Kier alpha value is -0.870. The van der Waals surface area contributed by atoms with Gasteiger partial charge in [-0.2, -0.15) is 0 Å². The molecular formula is C16H15Br2FO. The zero-order valence-corrected chi connectivity index (χ0v) is 14.2. The van der Waals surface area contributed by atoms with Crippen LogP contribution in [0.15, 0.2) is 46.9 Å². The summed E-state index contributed by atoms with van der Waals surface area (Å²) in [7, 11) is 1.65. The van der Waals surface area contributed by atoms with Crippen LogP contribution in [0.1, 0.15) is 17.0 Å². The highest BCUT2D eigenvalue weighted by molar-refractivity contribution is 9.10. The highest BCUT2D eigenvalue weighted by atomic mass is 79.9. The second kappa shape index (κ2) is 7.23. The molecule has 2 aromatic rings. The van der Waals surface area contributed by atoms with Crippen LogP contribution in [0, 0.1) is 5.82 Å². The fourth-order valence-electron chi connectivity index (χ4n) is 2.23. The van der Waals surface area contributed by atoms with Crippen LogP contribution in [-0.2, 0) is 6.42 Å². The van der Waals surface area contributed by atoms with Crippen LogP contribution in [0.25, 0.3) is 0 Å². The maximum Gasteiger partial charge on any atom is 0.126 e. The lowest BCUT2D eigenvalue weighted by Gasteiger charge is -2.17. The maximum atomic E-state index is 13.9. The van der Waals surface area contributed by atoms with Crippen LogP contribution in [0.5, 0.6) is 5.75 Å². The monoisotopic (exact) mass is 400 g/mol. The van der Waals surface area contributed by atoms with E-state index >= 15 is 0 Å². The summed E-state index contributed by atoms with van der Waals surface area (Å²) >= 11 is 6.96. The molecule has 0 aliphatic carbocycles. The molecule has 0 bridgehead atoms. The summed E-state index contributed by atoms with van der Waals surface area (Å²) in [4.78, 5) is 0. The van der Waals surface area contributed by atoms with Crippen LogP contribution in [0.4, 0.5) is 4.39 Å². The molecule has 0 radical (unpaired) electrons. The molecular weight excluding hydrogens is 387 g/mol. The molecule has 0 saturated carbocycles. The molecule has 0 fully saturated rings. The number of benzene rings is 2. The Kier molecular flexibility index (Phi) is 5.61. The second-order valence-corrected chi connectivity index (χ2v) is 6.10. The molecule has 1 unspecified atom stereocenters. The average Bonchev–Trinajstić information content (AvgIpc) is 2.46. The van der Waals surface area contributed by atoms with Crippen molar-refractivity contribution in [3.05, 3.63) is 63.9 Å². The molecule has 0 aromatic heterocycles. The van der Waals surface area contributed by atoms with Crippen molar-refractivity contribution < 1.29 is 9.13 Å². The van der Waals surface area contributed by atoms with Crippen molar-refractivity contribution in [1.82, 2.24) is 0 Å². The summed E-state index contributed by atoms with van der Waals surface area (Å²) in [6.45, 7) is 0. The molecule has 0 amide bonds. The van der Waals surface area contributed by atoms with E-state index in [2.05, 4.69) is 31.9 Å². The standard InChI is InChI=1S/C16H15Br2FO/c1-20-16-7-6-13(18)9-11(16)8-12(10-17)14-4-2-3-5-15(14)19/h2-7,9,12H,8,10H2,1H3. The molecule has 1 nitrogen and oxygen atoms in total. The van der Waals surface area contributed by atoms with Crippen LogP contribution in [0.3, 0.4) is 0 Å². The van der Waals surface area contributed by atoms with Crippen LogP contribution < -0.4 is 4.74 Å². The lowest BCUT2D eigenvalue weighted by atomic mass is 9.93. The molecule has 0 spiro atoms. The van der Waals surface area contributed by atoms with E-state index in [1.165, 1.54) is 6.07 Å². The van der Waals surface area contributed by atoms with E-state index in [0.717, 1.165) is 27.8 Å². The number of alkyl halides is 1. The van der Waals surface area contributed by atoms with Gasteiger partial charge in [0.25, 0.3) is 0 Å². The highest BCUT2D eigenvalue weighted by Gasteiger charge is 2.17. The van der Waals surface area contributed by atoms with Crippen molar-refractivity contribution in [2.45, 2.75) is 12.3 Å². The third kappa shape index (κ3) is 3.61. The van der Waals surface area contributed by atoms with Crippen molar-refractivity contribution in [3.8, 4) is 5.75 Å². The van der Waals surface area contributed by atoms with Crippen molar-refractivity contribution in [3.63, 3.8) is 0 Å². The van der Waals surface area contributed by atoms with Crippen molar-refractivity contribution in [2.75, 3.05) is 12.4 Å². The van der Waals surface area contributed by atoms with Gasteiger partial charge in [0.15, 0.2) is 0 Å². The average molecular weight is 402 g/mol. The minimum atomic E-state index is -0.161. The molecule has 20 heavy (non-hydrogen) atoms. The Labute approximate surface area is 135 Å². The number of hydrogen-bond acceptors (Lipinski definition) is 1. The van der Waals surface area contributed by atoms with Gasteiger partial charge in [0, 0.05) is 15.7 Å². The van der Waals surface area contributed by atoms with E-state index in [9.17, 15) is 4.39 Å². The maximum absolute atomic E-state index is 13.9. The SMILES string of the molecule is COc1ccc(Br)cc1CC(CBr)c1ccccc1F. The zero-order valence-electron chi connectivity index (χ0n) is 11.1. The molecule has 0 aliphatic heterocycles. The van der Waals surface area contributed by atoms with Crippen LogP contribution >= 0.6 is 31.9 Å². The Morgan fingerprint density at radius 3 is 2.60 bits per heavy atom. The quantitative estimate of drug-likeness (QED) is 0.616. The molecule has 2 rings (SSSR count). The number of rotatable bonds is 5. The fourth-order valence-corrected chi connectivity index (χ4v) is 3.21. The summed E-state index contributed by atoms with van der Waals surface area (Å²) in [6, 6.07) is 12.8. The first kappa shape index (κ1) is 15.5. The Morgan fingerprint density at radius 2 is 1.95 bits per heavy atom. The van der Waals surface area contributed by atoms with E-state index in [1.54, 1.807) is 13.2 Å². The van der Waals surface area contributed by atoms with Gasteiger partial charge >= 0.3 is 0 Å². The summed E-state index contributed by atoms with van der Waals surface area (Å²) in [5, 5.41) is 0.698. The molecule has 0 N–H and O–H groups in total. The Morgan fingerprint density at radius 1 is 1.20 bits per heavy atom. The van der Waals surface area contributed by atoms with Gasteiger partial charge in [-0.25, -0.2) is 4.39 Å². The topological polar surface area (TPSA) is 9.23 Å². The minimum Gasteiger partial charge on any atom is -0.496 e. The van der Waals surface area contributed by atoms with Gasteiger partial charge in [-0.15, -0.1) is 0 Å². The number of halogens is 3. The van der Waals surface area contributed by atoms with E-state index in [4.69, 9.17) is 4.74 Å². The normalized spacial score (nSPS) is 12.2. The van der Waals surface area contributed by atoms with Gasteiger partial charge in [0.1, 0.15) is 11.6 Å². The number of methoxy groups -OCH3 is 1. The smallest absolute Gasteiger partial charge is 0.126 e. The molecule has 2 aromatic carbocycles. The molecule has 0 saturated heterocycles. The van der Waals surface area contributed by atoms with Crippen molar-refractivity contribution >= 4 is 31.9 Å². The number of hydrogen-bond donors (Lipinski definition) is 0. The molecule has 0 aliphatic rings. The molecule has 106 valence electrons. The van der Waals surface area contributed by atoms with E-state index in [0.29, 0.717) is 5.33 Å². The number of ether oxygens (including phenoxy) is 1. The van der Waals surface area contributed by atoms with Crippen molar-refractivity contribution in [2.24, 2.45) is 0 Å². The minimum absolute atomic E-state index is 0.0689. The summed E-state index contributed by atoms with van der Waals surface area (Å²) in [6.07, 6.45) is 0.717. The second-order valence-electron chi connectivity index (χ2n) is 4.53. The van der Waals surface area contributed by atoms with E-state index in [1.807, 2.05) is 30.3 Å². The molecule has 4 heteroatoms. The lowest BCUT2D eigenvalue weighted by molar-refractivity contribution is 0.408. The summed E-state index contributed by atoms with van der Waals surface area (Å²) in [5.41, 5.74) is 1.79. The van der Waals surface area contributed by atoms with Gasteiger partial charge in [0.05, 0.1) is 7.11 Å². The van der Waals surface area contributed by atoms with Gasteiger partial charge in [0.2, 0.25) is 0 Å². The Balaban J connectivity index is 2.31. The zero-order chi connectivity index (χ0) is 14.5. The van der Waals surface area contributed by atoms with Crippen molar-refractivity contribution in [1.29, 1.82) is 0 Å². The fraction of sp³-hybridized carbons (Fsp3) is 0.250. The van der Waals surface area contributed by atoms with Crippen LogP contribution in [-0.4, -0.2) is 12.4 Å².